The van der Waals surface area contributed by atoms with Crippen LogP contribution < -0.4 is 24.7 Å². The van der Waals surface area contributed by atoms with Gasteiger partial charge in [-0.1, -0.05) is 0 Å². The van der Waals surface area contributed by atoms with Gasteiger partial charge in [-0.25, -0.2) is 0 Å². The molecule has 0 saturated carbocycles. The first-order valence-electron chi connectivity index (χ1n) is 13.8. The Balaban J connectivity index is 2.12. The van der Waals surface area contributed by atoms with E-state index in [1.165, 1.54) is 21.3 Å². The molecule has 0 aliphatic rings. The van der Waals surface area contributed by atoms with Crippen LogP contribution in [0.1, 0.15) is 20.7 Å². The summed E-state index contributed by atoms with van der Waals surface area (Å²) < 4.78 is 35.0. The molecule has 0 heterocycles. The Bertz CT molecular complexity index is 1710. The maximum absolute atomic E-state index is 14.6. The first-order valence-corrected chi connectivity index (χ1v) is 22.1. The molecule has 11 heteroatoms. The molecular weight excluding hydrogens is 894 g/mol. The molecule has 0 N–H and O–H groups in total. The molecule has 0 aliphatic heterocycles. The van der Waals surface area contributed by atoms with Crippen LogP contribution in [0.4, 0.5) is 0 Å². The van der Waals surface area contributed by atoms with Crippen molar-refractivity contribution in [1.82, 2.24) is 0 Å². The van der Waals surface area contributed by atoms with Gasteiger partial charge in [0.15, 0.2) is 0 Å². The minimum atomic E-state index is -6.79. The van der Waals surface area contributed by atoms with Crippen molar-refractivity contribution in [3.8, 4) is 17.2 Å². The third kappa shape index (κ3) is 6.20. The molecule has 5 aromatic carbocycles. The topological polar surface area (TPSA) is 80.3 Å². The predicted octanol–water partition coefficient (Wildman–Crippen LogP) is 7.13. The predicted molar refractivity (Wildman–Crippen MR) is 190 cm³/mol. The van der Waals surface area contributed by atoms with Gasteiger partial charge in [-0.2, -0.15) is 0 Å². The quantitative estimate of drug-likeness (QED) is 0.138. The Hall–Kier alpha value is -3.30. The van der Waals surface area contributed by atoms with Gasteiger partial charge in [0.25, 0.3) is 0 Å². The van der Waals surface area contributed by atoms with Crippen LogP contribution in [0.2, 0.25) is 0 Å². The summed E-state index contributed by atoms with van der Waals surface area (Å²) >= 11 is 4.08. The summed E-state index contributed by atoms with van der Waals surface area (Å²) in [6.45, 7) is 0. The van der Waals surface area contributed by atoms with Crippen LogP contribution in [0, 0.1) is 0 Å². The molecule has 0 aliphatic carbocycles. The summed E-state index contributed by atoms with van der Waals surface area (Å²) in [5, 5.41) is 0. The number of hydrogen-bond donors (Lipinski definition) is 0. The van der Waals surface area contributed by atoms with Crippen LogP contribution in [0.15, 0.2) is 129 Å². The maximum atomic E-state index is 14.6. The van der Waals surface area contributed by atoms with Gasteiger partial charge in [0.1, 0.15) is 0 Å². The SMILES string of the molecule is COc1ccc(Br)c[c]1[Sb]([O]C(=O)c1ccccc1)([O]C(=O)c1ccccc1)([c]1cc(Br)ccc1OC)[c]1cc(Br)ccc1OC. The van der Waals surface area contributed by atoms with Crippen molar-refractivity contribution in [2.45, 2.75) is 0 Å². The third-order valence-corrected chi connectivity index (χ3v) is 22.2. The van der Waals surface area contributed by atoms with Crippen molar-refractivity contribution < 1.29 is 29.8 Å². The molecule has 46 heavy (non-hydrogen) atoms. The second kappa shape index (κ2) is 14.2. The zero-order chi connectivity index (χ0) is 32.9. The summed E-state index contributed by atoms with van der Waals surface area (Å²) in [7, 11) is 4.51. The molecule has 0 fully saturated rings. The Morgan fingerprint density at radius 1 is 0.478 bits per heavy atom. The average Bonchev–Trinajstić information content (AvgIpc) is 3.08. The number of benzene rings is 5. The van der Waals surface area contributed by atoms with Crippen molar-refractivity contribution >= 4 is 88.5 Å². The molecule has 0 radical (unpaired) electrons. The first-order chi connectivity index (χ1) is 22.2. The van der Waals surface area contributed by atoms with E-state index < -0.39 is 30.2 Å². The Morgan fingerprint density at radius 3 is 1.07 bits per heavy atom. The molecule has 5 rings (SSSR count). The molecule has 0 bridgehead atoms. The van der Waals surface area contributed by atoms with Gasteiger partial charge in [0.2, 0.25) is 0 Å². The number of hydrogen-bond acceptors (Lipinski definition) is 7. The number of ether oxygens (including phenoxy) is 3. The van der Waals surface area contributed by atoms with Gasteiger partial charge in [-0.05, 0) is 0 Å². The third-order valence-electron chi connectivity index (χ3n) is 7.27. The van der Waals surface area contributed by atoms with Gasteiger partial charge in [0, 0.05) is 0 Å². The normalized spacial score (nSPS) is 11.9. The zero-order valence-electron chi connectivity index (χ0n) is 24.9. The molecule has 5 aromatic rings. The number of halogens is 3. The van der Waals surface area contributed by atoms with E-state index in [1.807, 2.05) is 0 Å². The minimum absolute atomic E-state index is 0.244. The number of rotatable bonds is 10. The summed E-state index contributed by atoms with van der Waals surface area (Å²) in [4.78, 5) is 29.3. The Morgan fingerprint density at radius 2 is 0.783 bits per heavy atom. The zero-order valence-corrected chi connectivity index (χ0v) is 32.2. The number of carbonyl (C=O) groups is 2. The van der Waals surface area contributed by atoms with Crippen molar-refractivity contribution in [1.29, 1.82) is 0 Å². The van der Waals surface area contributed by atoms with Crippen LogP contribution in [-0.4, -0.2) is 51.5 Å². The van der Waals surface area contributed by atoms with Crippen LogP contribution >= 0.6 is 47.8 Å². The summed E-state index contributed by atoms with van der Waals surface area (Å²) in [5.41, 5.74) is 0.488. The molecule has 0 amide bonds. The summed E-state index contributed by atoms with van der Waals surface area (Å²) in [6.07, 6.45) is 0. The fraction of sp³-hybridized carbons (Fsp3) is 0.0857. The van der Waals surface area contributed by atoms with Crippen LogP contribution in [0.3, 0.4) is 0 Å². The standard InChI is InChI=1S/3C7H6BrO.2C7H6O2.Sb/c3*1-9-7-4-2-6(8)3-5-7;2*8-7(9)6-4-2-1-3-5-6;/h3*2-4H,1H3;2*1-5H,(H,8,9);/q;;;;;+2/p-2. The van der Waals surface area contributed by atoms with E-state index in [2.05, 4.69) is 47.8 Å². The van der Waals surface area contributed by atoms with E-state index in [4.69, 9.17) is 20.2 Å². The van der Waals surface area contributed by atoms with Crippen molar-refractivity contribution in [2.24, 2.45) is 0 Å². The van der Waals surface area contributed by atoms with Gasteiger partial charge < -0.3 is 0 Å². The van der Waals surface area contributed by atoms with E-state index in [0.29, 0.717) is 41.2 Å². The number of methoxy groups -OCH3 is 3. The van der Waals surface area contributed by atoms with Crippen molar-refractivity contribution in [3.63, 3.8) is 0 Å². The van der Waals surface area contributed by atoms with Gasteiger partial charge in [-0.3, -0.25) is 0 Å². The average molecular weight is 922 g/mol. The fourth-order valence-electron chi connectivity index (χ4n) is 5.21. The van der Waals surface area contributed by atoms with E-state index >= 15 is 0 Å². The van der Waals surface area contributed by atoms with Crippen LogP contribution in [-0.2, 0) is 6.03 Å². The van der Waals surface area contributed by atoms with Crippen molar-refractivity contribution in [3.05, 3.63) is 140 Å². The van der Waals surface area contributed by atoms with Crippen LogP contribution in [0.5, 0.6) is 17.2 Å². The van der Waals surface area contributed by atoms with E-state index in [0.717, 1.165) is 0 Å². The summed E-state index contributed by atoms with van der Waals surface area (Å²) in [5.74, 6) is -0.508. The van der Waals surface area contributed by atoms with E-state index in [-0.39, 0.29) is 11.1 Å². The molecule has 0 unspecified atom stereocenters. The van der Waals surface area contributed by atoms with Gasteiger partial charge in [0.05, 0.1) is 0 Å². The molecule has 0 aromatic heterocycles. The molecule has 7 nitrogen and oxygen atoms in total. The van der Waals surface area contributed by atoms with Gasteiger partial charge >= 0.3 is 297 Å². The van der Waals surface area contributed by atoms with Crippen molar-refractivity contribution in [2.75, 3.05) is 21.3 Å². The molecule has 0 saturated heterocycles. The second-order valence-electron chi connectivity index (χ2n) is 9.90. The number of carbonyl (C=O) groups excluding carboxylic acids is 2. The molecular formula is C35H28Br3O7Sb. The fourth-order valence-corrected chi connectivity index (χ4v) is 22.3. The second-order valence-corrected chi connectivity index (χ2v) is 23.3. The Kier molecular flexibility index (Phi) is 10.5. The van der Waals surface area contributed by atoms with Gasteiger partial charge in [-0.15, -0.1) is 0 Å². The first kappa shape index (κ1) is 34.0. The van der Waals surface area contributed by atoms with Crippen LogP contribution in [0.25, 0.3) is 0 Å². The monoisotopic (exact) mass is 918 g/mol. The van der Waals surface area contributed by atoms with E-state index in [9.17, 15) is 9.59 Å². The Labute approximate surface area is 294 Å². The summed E-state index contributed by atoms with van der Waals surface area (Å²) in [6, 6.07) is 32.9. The molecule has 0 atom stereocenters. The van der Waals surface area contributed by atoms with E-state index in [1.54, 1.807) is 115 Å². The molecule has 0 spiro atoms. The molecule has 236 valence electrons.